The Bertz CT molecular complexity index is 700. The maximum Gasteiger partial charge on any atom is 0.269 e. The number of hydrogen-bond acceptors (Lipinski definition) is 4. The lowest BCUT2D eigenvalue weighted by Crippen LogP contribution is -2.38. The lowest BCUT2D eigenvalue weighted by Gasteiger charge is -2.27. The average molecular weight is 373 g/mol. The van der Waals surface area contributed by atoms with Crippen molar-refractivity contribution >= 4 is 11.6 Å². The van der Waals surface area contributed by atoms with E-state index < -0.39 is 0 Å². The van der Waals surface area contributed by atoms with E-state index in [0.717, 1.165) is 37.5 Å². The van der Waals surface area contributed by atoms with Gasteiger partial charge in [0.05, 0.1) is 0 Å². The molecule has 3 aliphatic rings. The summed E-state index contributed by atoms with van der Waals surface area (Å²) >= 11 is 0. The third-order valence-electron chi connectivity index (χ3n) is 6.10. The number of hydrogen-bond donors (Lipinski definition) is 1. The van der Waals surface area contributed by atoms with Crippen LogP contribution in [-0.4, -0.2) is 41.8 Å². The van der Waals surface area contributed by atoms with E-state index in [4.69, 9.17) is 4.84 Å². The summed E-state index contributed by atoms with van der Waals surface area (Å²) in [5.41, 5.74) is 1.01. The fourth-order valence-corrected chi connectivity index (χ4v) is 4.57. The zero-order valence-electron chi connectivity index (χ0n) is 15.8. The minimum atomic E-state index is -0.322. The number of halogens is 1. The number of carbonyl (C=O) groups excluding carboxylic acids is 1. The maximum atomic E-state index is 13.0. The van der Waals surface area contributed by atoms with Crippen molar-refractivity contribution in [2.24, 2.45) is 11.1 Å². The van der Waals surface area contributed by atoms with Gasteiger partial charge >= 0.3 is 0 Å². The van der Waals surface area contributed by atoms with Gasteiger partial charge in [-0.2, -0.15) is 0 Å². The van der Waals surface area contributed by atoms with Crippen LogP contribution < -0.4 is 5.32 Å². The summed E-state index contributed by atoms with van der Waals surface area (Å²) in [6, 6.07) is 6.13. The summed E-state index contributed by atoms with van der Waals surface area (Å²) in [4.78, 5) is 20.7. The molecule has 2 heterocycles. The molecule has 4 rings (SSSR count). The molecule has 1 saturated carbocycles. The minimum absolute atomic E-state index is 0.193. The van der Waals surface area contributed by atoms with Crippen LogP contribution in [0.25, 0.3) is 0 Å². The van der Waals surface area contributed by atoms with Gasteiger partial charge in [0.2, 0.25) is 0 Å². The van der Waals surface area contributed by atoms with Crippen LogP contribution in [-0.2, 0) is 16.2 Å². The molecule has 0 aromatic heterocycles. The Balaban J connectivity index is 1.25. The van der Waals surface area contributed by atoms with Crippen LogP contribution in [0.3, 0.4) is 0 Å². The highest BCUT2D eigenvalue weighted by molar-refractivity contribution is 6.39. The molecule has 6 heteroatoms. The zero-order valence-corrected chi connectivity index (χ0v) is 15.8. The van der Waals surface area contributed by atoms with Gasteiger partial charge in [0.15, 0.2) is 5.60 Å². The number of nitrogens with zero attached hydrogens (tertiary/aromatic N) is 2. The molecule has 1 aromatic carbocycles. The summed E-state index contributed by atoms with van der Waals surface area (Å²) < 4.78 is 13.0. The van der Waals surface area contributed by atoms with E-state index in [1.807, 2.05) is 0 Å². The number of nitrogens with one attached hydrogen (secondary N) is 1. The van der Waals surface area contributed by atoms with Gasteiger partial charge in [0.25, 0.3) is 5.91 Å². The van der Waals surface area contributed by atoms with Gasteiger partial charge in [-0.05, 0) is 36.5 Å². The highest BCUT2D eigenvalue weighted by Gasteiger charge is 2.46. The van der Waals surface area contributed by atoms with Crippen molar-refractivity contribution in [2.45, 2.75) is 57.1 Å². The van der Waals surface area contributed by atoms with Crippen LogP contribution in [0.5, 0.6) is 0 Å². The number of likely N-dealkylation sites (tertiary alicyclic amines) is 1. The first-order chi connectivity index (χ1) is 13.1. The zero-order chi connectivity index (χ0) is 18.7. The fraction of sp³-hybridized carbons (Fsp3) is 0.619. The van der Waals surface area contributed by atoms with Gasteiger partial charge in [0.1, 0.15) is 11.5 Å². The van der Waals surface area contributed by atoms with E-state index in [0.29, 0.717) is 18.7 Å². The van der Waals surface area contributed by atoms with E-state index in [1.54, 1.807) is 12.1 Å². The summed E-state index contributed by atoms with van der Waals surface area (Å²) in [6.07, 6.45) is 8.30. The molecule has 1 spiro atoms. The molecular formula is C21H28FN3O2. The largest absolute Gasteiger partial charge is 0.387 e. The SMILES string of the molecule is O=C(NCc1ccc(F)cc1)C1=NOC2(CCN(CC3CCCCC3)C2)C1. The molecule has 146 valence electrons. The molecule has 1 unspecified atom stereocenters. The lowest BCUT2D eigenvalue weighted by molar-refractivity contribution is -0.115. The smallest absolute Gasteiger partial charge is 0.269 e. The van der Waals surface area contributed by atoms with Crippen LogP contribution >= 0.6 is 0 Å². The van der Waals surface area contributed by atoms with Crippen LogP contribution in [0.15, 0.2) is 29.4 Å². The fourth-order valence-electron chi connectivity index (χ4n) is 4.57. The first-order valence-electron chi connectivity index (χ1n) is 10.1. The highest BCUT2D eigenvalue weighted by atomic mass is 19.1. The van der Waals surface area contributed by atoms with Gasteiger partial charge in [-0.25, -0.2) is 4.39 Å². The molecule has 27 heavy (non-hydrogen) atoms. The topological polar surface area (TPSA) is 53.9 Å². The van der Waals surface area contributed by atoms with Crippen molar-refractivity contribution in [3.8, 4) is 0 Å². The molecule has 1 amide bonds. The first kappa shape index (κ1) is 18.4. The van der Waals surface area contributed by atoms with Gasteiger partial charge in [-0.3, -0.25) is 9.69 Å². The molecule has 2 aliphatic heterocycles. The summed E-state index contributed by atoms with van der Waals surface area (Å²) in [6.45, 7) is 3.40. The predicted molar refractivity (Wildman–Crippen MR) is 102 cm³/mol. The van der Waals surface area contributed by atoms with Crippen LogP contribution in [0.2, 0.25) is 0 Å². The predicted octanol–water partition coefficient (Wildman–Crippen LogP) is 3.24. The minimum Gasteiger partial charge on any atom is -0.387 e. The van der Waals surface area contributed by atoms with Crippen molar-refractivity contribution < 1.29 is 14.0 Å². The first-order valence-corrected chi connectivity index (χ1v) is 10.1. The number of oxime groups is 1. The molecule has 1 N–H and O–H groups in total. The monoisotopic (exact) mass is 373 g/mol. The third kappa shape index (κ3) is 4.49. The molecule has 5 nitrogen and oxygen atoms in total. The summed E-state index contributed by atoms with van der Waals surface area (Å²) in [5.74, 6) is 0.344. The Labute approximate surface area is 159 Å². The van der Waals surface area contributed by atoms with E-state index >= 15 is 0 Å². The van der Waals surface area contributed by atoms with Gasteiger partial charge in [-0.1, -0.05) is 36.6 Å². The molecule has 1 aromatic rings. The molecule has 1 atom stereocenters. The molecule has 1 saturated heterocycles. The normalized spacial score (nSPS) is 26.2. The quantitative estimate of drug-likeness (QED) is 0.862. The maximum absolute atomic E-state index is 13.0. The van der Waals surface area contributed by atoms with Crippen LogP contribution in [0.4, 0.5) is 4.39 Å². The standard InChI is InChI=1S/C21H28FN3O2/c22-18-8-6-16(7-9-18)13-23-20(26)19-12-21(27-24-19)10-11-25(15-21)14-17-4-2-1-3-5-17/h6-9,17H,1-5,10-15H2,(H,23,26). The summed E-state index contributed by atoms with van der Waals surface area (Å²) in [7, 11) is 0. The van der Waals surface area contributed by atoms with Gasteiger partial charge < -0.3 is 10.2 Å². The Kier molecular flexibility index (Phi) is 5.43. The van der Waals surface area contributed by atoms with Crippen molar-refractivity contribution in [1.82, 2.24) is 10.2 Å². The van der Waals surface area contributed by atoms with Crippen molar-refractivity contribution in [2.75, 3.05) is 19.6 Å². The second-order valence-electron chi connectivity index (χ2n) is 8.29. The Morgan fingerprint density at radius 1 is 1.26 bits per heavy atom. The van der Waals surface area contributed by atoms with Crippen LogP contribution in [0.1, 0.15) is 50.5 Å². The molecule has 1 aliphatic carbocycles. The molecule has 0 bridgehead atoms. The molecule has 0 radical (unpaired) electrons. The van der Waals surface area contributed by atoms with Gasteiger partial charge in [-0.15, -0.1) is 0 Å². The number of carbonyl (C=O) groups is 1. The van der Waals surface area contributed by atoms with Crippen molar-refractivity contribution in [3.05, 3.63) is 35.6 Å². The average Bonchev–Trinajstić information content (AvgIpc) is 3.29. The number of rotatable bonds is 5. The summed E-state index contributed by atoms with van der Waals surface area (Å²) in [5, 5.41) is 6.95. The lowest BCUT2D eigenvalue weighted by atomic mass is 9.89. The highest BCUT2D eigenvalue weighted by Crippen LogP contribution is 2.35. The number of amides is 1. The van der Waals surface area contributed by atoms with Crippen molar-refractivity contribution in [3.63, 3.8) is 0 Å². The van der Waals surface area contributed by atoms with Gasteiger partial charge in [0, 0.05) is 39.0 Å². The van der Waals surface area contributed by atoms with E-state index in [9.17, 15) is 9.18 Å². The Hall–Kier alpha value is -1.95. The Morgan fingerprint density at radius 2 is 2.04 bits per heavy atom. The van der Waals surface area contributed by atoms with E-state index in [-0.39, 0.29) is 17.3 Å². The number of benzene rings is 1. The van der Waals surface area contributed by atoms with Crippen LogP contribution in [0, 0.1) is 11.7 Å². The molecule has 2 fully saturated rings. The van der Waals surface area contributed by atoms with E-state index in [2.05, 4.69) is 15.4 Å². The van der Waals surface area contributed by atoms with Crippen molar-refractivity contribution in [1.29, 1.82) is 0 Å². The van der Waals surface area contributed by atoms with E-state index in [1.165, 1.54) is 44.2 Å². The third-order valence-corrected chi connectivity index (χ3v) is 6.10. The Morgan fingerprint density at radius 3 is 2.81 bits per heavy atom. The second-order valence-corrected chi connectivity index (χ2v) is 8.29. The second kappa shape index (κ2) is 7.97. The molecular weight excluding hydrogens is 345 g/mol.